The number of hydrogen-bond donors (Lipinski definition) is 5. The van der Waals surface area contributed by atoms with Crippen molar-refractivity contribution in [3.05, 3.63) is 35.9 Å². The van der Waals surface area contributed by atoms with Gasteiger partial charge >= 0.3 is 5.97 Å². The first-order valence-electron chi connectivity index (χ1n) is 13.7. The lowest BCUT2D eigenvalue weighted by atomic mass is 9.99. The number of methoxy groups -OCH3 is 5. The molecule has 250 valence electrons. The molecule has 0 radical (unpaired) electrons. The van der Waals surface area contributed by atoms with Crippen LogP contribution in [0.3, 0.4) is 0 Å². The molecule has 0 unspecified atom stereocenters. The van der Waals surface area contributed by atoms with E-state index in [0.717, 1.165) is 0 Å². The zero-order valence-electron chi connectivity index (χ0n) is 25.3. The van der Waals surface area contributed by atoms with Crippen molar-refractivity contribution < 1.29 is 77.7 Å². The lowest BCUT2D eigenvalue weighted by Crippen LogP contribution is -2.60. The average Bonchev–Trinajstić information content (AvgIpc) is 3.34. The number of esters is 1. The highest BCUT2D eigenvalue weighted by Crippen LogP contribution is 2.41. The molecule has 2 aliphatic heterocycles. The van der Waals surface area contributed by atoms with Crippen molar-refractivity contribution in [1.82, 2.24) is 0 Å². The highest BCUT2D eigenvalue weighted by Gasteiger charge is 2.51. The van der Waals surface area contributed by atoms with E-state index in [-0.39, 0.29) is 22.8 Å². The molecule has 8 atom stereocenters. The second-order valence-electron chi connectivity index (χ2n) is 10.2. The van der Waals surface area contributed by atoms with Gasteiger partial charge in [-0.2, -0.15) is 0 Å². The van der Waals surface area contributed by atoms with E-state index in [4.69, 9.17) is 47.4 Å². The first-order valence-corrected chi connectivity index (χ1v) is 13.7. The van der Waals surface area contributed by atoms with Gasteiger partial charge in [0.15, 0.2) is 34.9 Å². The van der Waals surface area contributed by atoms with E-state index in [1.807, 2.05) is 0 Å². The van der Waals surface area contributed by atoms with Gasteiger partial charge in [-0.1, -0.05) is 0 Å². The Morgan fingerprint density at radius 1 is 0.822 bits per heavy atom. The maximum atomic E-state index is 12.6. The summed E-state index contributed by atoms with van der Waals surface area (Å²) >= 11 is 0. The second kappa shape index (κ2) is 14.7. The molecule has 2 aromatic carbocycles. The van der Waals surface area contributed by atoms with Crippen molar-refractivity contribution >= 4 is 5.97 Å². The van der Waals surface area contributed by atoms with E-state index in [9.17, 15) is 30.3 Å². The summed E-state index contributed by atoms with van der Waals surface area (Å²) in [6.45, 7) is -1.57. The van der Waals surface area contributed by atoms with E-state index in [1.165, 1.54) is 65.9 Å². The summed E-state index contributed by atoms with van der Waals surface area (Å²) in [6.07, 6.45) is -10.9. The number of benzene rings is 2. The molecule has 16 nitrogen and oxygen atoms in total. The molecule has 0 amide bonds. The van der Waals surface area contributed by atoms with Crippen molar-refractivity contribution in [2.45, 2.75) is 48.7 Å². The minimum Gasteiger partial charge on any atom is -0.493 e. The molecular formula is C29H38O16. The molecule has 2 saturated heterocycles. The maximum Gasteiger partial charge on any atom is 0.338 e. The predicted molar refractivity (Wildman–Crippen MR) is 150 cm³/mol. The van der Waals surface area contributed by atoms with Gasteiger partial charge in [-0.3, -0.25) is 0 Å². The van der Waals surface area contributed by atoms with Crippen LogP contribution in [0.2, 0.25) is 0 Å². The standard InChI is InChI=1S/C29H38O16/c1-36-16-7-6-14(8-17(16)37-2)26(34)42-12-29(35)13-43-28(25(29)33)41-11-20-21(30)22(31)23(32)27(45-20)44-15-9-18(38-3)24(40-5)19(10-15)39-4/h6-10,20-23,25,27-28,30-33,35H,11-13H2,1-5H3/t20-,21-,22+,23-,25+,27-,28-,29-/m1/s1. The van der Waals surface area contributed by atoms with Crippen LogP contribution in [0.5, 0.6) is 34.5 Å². The third-order valence-electron chi connectivity index (χ3n) is 7.36. The van der Waals surface area contributed by atoms with Crippen molar-refractivity contribution in [2.24, 2.45) is 0 Å². The zero-order chi connectivity index (χ0) is 32.9. The van der Waals surface area contributed by atoms with Crippen molar-refractivity contribution in [3.8, 4) is 34.5 Å². The van der Waals surface area contributed by atoms with Crippen LogP contribution < -0.4 is 28.4 Å². The molecule has 2 fully saturated rings. The highest BCUT2D eigenvalue weighted by molar-refractivity contribution is 5.90. The third-order valence-corrected chi connectivity index (χ3v) is 7.36. The first-order chi connectivity index (χ1) is 21.5. The molecule has 5 N–H and O–H groups in total. The average molecular weight is 643 g/mol. The minimum atomic E-state index is -2.03. The van der Waals surface area contributed by atoms with E-state index < -0.39 is 74.5 Å². The monoisotopic (exact) mass is 642 g/mol. The Morgan fingerprint density at radius 2 is 1.47 bits per heavy atom. The Hall–Kier alpha value is -3.61. The fraction of sp³-hybridized carbons (Fsp3) is 0.552. The van der Waals surface area contributed by atoms with E-state index in [0.29, 0.717) is 17.2 Å². The molecule has 0 saturated carbocycles. The van der Waals surface area contributed by atoms with Crippen LogP contribution in [0.1, 0.15) is 10.4 Å². The molecule has 4 rings (SSSR count). The Balaban J connectivity index is 1.36. The topological polar surface area (TPSA) is 211 Å². The lowest BCUT2D eigenvalue weighted by molar-refractivity contribution is -0.289. The van der Waals surface area contributed by atoms with Gasteiger partial charge in [0.2, 0.25) is 12.0 Å². The largest absolute Gasteiger partial charge is 0.493 e. The number of carbonyl (C=O) groups excluding carboxylic acids is 1. The third kappa shape index (κ3) is 7.29. The maximum absolute atomic E-state index is 12.6. The minimum absolute atomic E-state index is 0.116. The molecular weight excluding hydrogens is 604 g/mol. The van der Waals surface area contributed by atoms with Gasteiger partial charge in [0.05, 0.1) is 54.3 Å². The van der Waals surface area contributed by atoms with Gasteiger partial charge in [0.1, 0.15) is 42.9 Å². The van der Waals surface area contributed by atoms with Gasteiger partial charge in [-0.05, 0) is 18.2 Å². The Bertz CT molecular complexity index is 1280. The number of rotatable bonds is 13. The van der Waals surface area contributed by atoms with Crippen LogP contribution >= 0.6 is 0 Å². The fourth-order valence-electron chi connectivity index (χ4n) is 4.76. The van der Waals surface area contributed by atoms with Crippen LogP contribution in [0.25, 0.3) is 0 Å². The normalized spacial score (nSPS) is 29.5. The summed E-state index contributed by atoms with van der Waals surface area (Å²) in [6, 6.07) is 7.25. The Morgan fingerprint density at radius 3 is 2.07 bits per heavy atom. The predicted octanol–water partition coefficient (Wildman–Crippen LogP) is -0.762. The van der Waals surface area contributed by atoms with Gasteiger partial charge in [-0.15, -0.1) is 0 Å². The van der Waals surface area contributed by atoms with E-state index in [2.05, 4.69) is 0 Å². The molecule has 0 bridgehead atoms. The molecule has 0 spiro atoms. The summed E-state index contributed by atoms with van der Waals surface area (Å²) in [5.41, 5.74) is -1.92. The first kappa shape index (κ1) is 34.3. The summed E-state index contributed by atoms with van der Waals surface area (Å²) in [4.78, 5) is 12.6. The van der Waals surface area contributed by atoms with Crippen LogP contribution in [-0.4, -0.2) is 136 Å². The fourth-order valence-corrected chi connectivity index (χ4v) is 4.76. The summed E-state index contributed by atoms with van der Waals surface area (Å²) in [5, 5.41) is 53.2. The van der Waals surface area contributed by atoms with Gasteiger partial charge in [0, 0.05) is 12.1 Å². The number of aliphatic hydroxyl groups is 5. The van der Waals surface area contributed by atoms with Gasteiger partial charge < -0.3 is 72.9 Å². The highest BCUT2D eigenvalue weighted by atomic mass is 16.7. The quantitative estimate of drug-likeness (QED) is 0.170. The zero-order valence-corrected chi connectivity index (χ0v) is 25.3. The molecule has 45 heavy (non-hydrogen) atoms. The van der Waals surface area contributed by atoms with Gasteiger partial charge in [-0.25, -0.2) is 4.79 Å². The molecule has 2 heterocycles. The van der Waals surface area contributed by atoms with Crippen LogP contribution in [0.4, 0.5) is 0 Å². The second-order valence-corrected chi connectivity index (χ2v) is 10.2. The van der Waals surface area contributed by atoms with E-state index in [1.54, 1.807) is 0 Å². The molecule has 0 aliphatic carbocycles. The Kier molecular flexibility index (Phi) is 11.2. The Labute approximate surface area is 258 Å². The molecule has 0 aromatic heterocycles. The van der Waals surface area contributed by atoms with Crippen LogP contribution in [0, 0.1) is 0 Å². The van der Waals surface area contributed by atoms with Crippen molar-refractivity contribution in [2.75, 3.05) is 55.4 Å². The number of aliphatic hydroxyl groups excluding tert-OH is 4. The lowest BCUT2D eigenvalue weighted by Gasteiger charge is -2.40. The van der Waals surface area contributed by atoms with Crippen LogP contribution in [0.15, 0.2) is 30.3 Å². The number of hydrogen-bond acceptors (Lipinski definition) is 16. The SMILES string of the molecule is COc1ccc(C(=O)OC[C@@]2(O)CO[C@@H](OC[C@H]3O[C@@H](Oc4cc(OC)c(OC)c(OC)c4)[C@H](O)[C@@H](O)[C@@H]3O)[C@@H]2O)cc1OC. The van der Waals surface area contributed by atoms with Crippen molar-refractivity contribution in [3.63, 3.8) is 0 Å². The van der Waals surface area contributed by atoms with Crippen LogP contribution in [-0.2, 0) is 18.9 Å². The van der Waals surface area contributed by atoms with Crippen molar-refractivity contribution in [1.29, 1.82) is 0 Å². The smallest absolute Gasteiger partial charge is 0.338 e. The summed E-state index contributed by atoms with van der Waals surface area (Å²) < 4.78 is 53.8. The number of ether oxygens (including phenoxy) is 10. The van der Waals surface area contributed by atoms with Gasteiger partial charge in [0.25, 0.3) is 0 Å². The molecule has 16 heteroatoms. The summed E-state index contributed by atoms with van der Waals surface area (Å²) in [7, 11) is 7.09. The molecule has 2 aliphatic rings. The summed E-state index contributed by atoms with van der Waals surface area (Å²) in [5.74, 6) is 0.831. The van der Waals surface area contributed by atoms with E-state index >= 15 is 0 Å². The number of carbonyl (C=O) groups is 1. The molecule has 2 aromatic rings.